The number of hydrogen-bond acceptors (Lipinski definition) is 5. The van der Waals surface area contributed by atoms with Crippen LogP contribution in [0.1, 0.15) is 19.3 Å². The average Bonchev–Trinajstić information content (AvgIpc) is 2.22. The van der Waals surface area contributed by atoms with Gasteiger partial charge in [-0.1, -0.05) is 0 Å². The Bertz CT molecular complexity index is 262. The summed E-state index contributed by atoms with van der Waals surface area (Å²) in [5, 5.41) is 25.4. The highest BCUT2D eigenvalue weighted by Gasteiger charge is 2.09. The van der Waals surface area contributed by atoms with Crippen molar-refractivity contribution in [2.24, 2.45) is 5.73 Å². The van der Waals surface area contributed by atoms with Gasteiger partial charge in [-0.05, 0) is 0 Å². The first kappa shape index (κ1) is 13.4. The van der Waals surface area contributed by atoms with E-state index in [1.807, 2.05) is 23.1 Å². The molecule has 5 nitrogen and oxygen atoms in total. The average molecular weight is 205 g/mol. The van der Waals surface area contributed by atoms with E-state index < -0.39 is 0 Å². The van der Waals surface area contributed by atoms with E-state index in [-0.39, 0.29) is 6.04 Å². The zero-order valence-corrected chi connectivity index (χ0v) is 8.69. The van der Waals surface area contributed by atoms with Crippen LogP contribution in [0.3, 0.4) is 0 Å². The summed E-state index contributed by atoms with van der Waals surface area (Å²) in [5.41, 5.74) is 5.70. The second kappa shape index (κ2) is 8.97. The molecule has 0 amide bonds. The molecular formula is C10H15N5. The van der Waals surface area contributed by atoms with Gasteiger partial charge in [0.1, 0.15) is 0 Å². The Hall–Kier alpha value is -1.61. The molecule has 1 atom stereocenters. The van der Waals surface area contributed by atoms with E-state index in [4.69, 9.17) is 21.5 Å². The van der Waals surface area contributed by atoms with Gasteiger partial charge in [-0.2, -0.15) is 15.8 Å². The van der Waals surface area contributed by atoms with Gasteiger partial charge in [-0.15, -0.1) is 0 Å². The molecule has 0 fully saturated rings. The van der Waals surface area contributed by atoms with E-state index in [2.05, 4.69) is 0 Å². The smallest absolute Gasteiger partial charge is 0.0638 e. The molecule has 0 aromatic rings. The topological polar surface area (TPSA) is 101 Å². The van der Waals surface area contributed by atoms with Crippen molar-refractivity contribution >= 4 is 0 Å². The molecule has 80 valence electrons. The molecule has 0 radical (unpaired) electrons. The van der Waals surface area contributed by atoms with Gasteiger partial charge in [0.2, 0.25) is 0 Å². The fraction of sp³-hybridized carbons (Fsp3) is 0.700. The van der Waals surface area contributed by atoms with E-state index in [0.717, 1.165) is 0 Å². The summed E-state index contributed by atoms with van der Waals surface area (Å²) in [6, 6.07) is 5.90. The molecule has 1 unspecified atom stereocenters. The zero-order chi connectivity index (χ0) is 11.5. The molecule has 0 aromatic heterocycles. The minimum atomic E-state index is -0.201. The highest BCUT2D eigenvalue weighted by Crippen LogP contribution is 1.97. The number of hydrogen-bond donors (Lipinski definition) is 1. The Morgan fingerprint density at radius 1 is 1.00 bits per heavy atom. The van der Waals surface area contributed by atoms with Gasteiger partial charge < -0.3 is 5.73 Å². The highest BCUT2D eigenvalue weighted by atomic mass is 15.1. The predicted molar refractivity (Wildman–Crippen MR) is 55.1 cm³/mol. The molecule has 0 aliphatic heterocycles. The van der Waals surface area contributed by atoms with Gasteiger partial charge >= 0.3 is 0 Å². The Labute approximate surface area is 90.3 Å². The van der Waals surface area contributed by atoms with Crippen LogP contribution >= 0.6 is 0 Å². The Morgan fingerprint density at radius 2 is 1.53 bits per heavy atom. The first-order chi connectivity index (χ1) is 7.24. The van der Waals surface area contributed by atoms with Crippen LogP contribution in [0.5, 0.6) is 0 Å². The molecule has 0 saturated heterocycles. The van der Waals surface area contributed by atoms with Gasteiger partial charge in [0, 0.05) is 38.5 Å². The van der Waals surface area contributed by atoms with Gasteiger partial charge in [0.05, 0.1) is 24.6 Å². The van der Waals surface area contributed by atoms with Crippen molar-refractivity contribution in [1.82, 2.24) is 4.90 Å². The Balaban J connectivity index is 3.96. The van der Waals surface area contributed by atoms with Gasteiger partial charge in [-0.25, -0.2) is 0 Å². The fourth-order valence-electron chi connectivity index (χ4n) is 1.22. The summed E-state index contributed by atoms with van der Waals surface area (Å²) in [7, 11) is 0. The number of nitrogens with two attached hydrogens (primary N) is 1. The van der Waals surface area contributed by atoms with Crippen LogP contribution in [0.2, 0.25) is 0 Å². The van der Waals surface area contributed by atoms with Crippen molar-refractivity contribution in [2.45, 2.75) is 25.3 Å². The molecule has 0 heterocycles. The normalized spacial score (nSPS) is 11.4. The molecule has 0 aromatic carbocycles. The van der Waals surface area contributed by atoms with Gasteiger partial charge in [0.15, 0.2) is 0 Å². The number of rotatable bonds is 7. The monoisotopic (exact) mass is 205 g/mol. The molecule has 0 rings (SSSR count). The Morgan fingerprint density at radius 3 is 1.93 bits per heavy atom. The predicted octanol–water partition coefficient (Wildman–Crippen LogP) is 0.357. The fourth-order valence-corrected chi connectivity index (χ4v) is 1.22. The summed E-state index contributed by atoms with van der Waals surface area (Å²) in [6.07, 6.45) is 1.14. The molecule has 5 heteroatoms. The van der Waals surface area contributed by atoms with Crippen molar-refractivity contribution in [3.63, 3.8) is 0 Å². The number of nitrogens with zero attached hydrogens (tertiary/aromatic N) is 4. The minimum absolute atomic E-state index is 0.201. The van der Waals surface area contributed by atoms with E-state index in [0.29, 0.717) is 38.9 Å². The summed E-state index contributed by atoms with van der Waals surface area (Å²) in [6.45, 7) is 1.78. The first-order valence-corrected chi connectivity index (χ1v) is 4.83. The van der Waals surface area contributed by atoms with Crippen LogP contribution in [0, 0.1) is 34.0 Å². The number of nitriles is 3. The van der Waals surface area contributed by atoms with Crippen molar-refractivity contribution in [3.05, 3.63) is 0 Å². The largest absolute Gasteiger partial charge is 0.326 e. The molecule has 0 saturated carbocycles. The van der Waals surface area contributed by atoms with E-state index in [1.54, 1.807) is 0 Å². The second-order valence-corrected chi connectivity index (χ2v) is 3.24. The van der Waals surface area contributed by atoms with Crippen LogP contribution in [0.25, 0.3) is 0 Å². The van der Waals surface area contributed by atoms with Crippen LogP contribution in [0.4, 0.5) is 0 Å². The molecule has 0 bridgehead atoms. The van der Waals surface area contributed by atoms with Crippen LogP contribution in [-0.4, -0.2) is 30.6 Å². The summed E-state index contributed by atoms with van der Waals surface area (Å²) < 4.78 is 0. The van der Waals surface area contributed by atoms with E-state index >= 15 is 0 Å². The SMILES string of the molecule is N#CCCN(CCC#N)CC(N)CC#N. The molecule has 0 spiro atoms. The minimum Gasteiger partial charge on any atom is -0.326 e. The lowest BCUT2D eigenvalue weighted by Gasteiger charge is -2.22. The standard InChI is InChI=1S/C10H15N5/c11-4-1-7-15(8-2-5-12)9-10(14)3-6-13/h10H,1-3,7-9,14H2. The second-order valence-electron chi connectivity index (χ2n) is 3.24. The van der Waals surface area contributed by atoms with Crippen molar-refractivity contribution in [2.75, 3.05) is 19.6 Å². The zero-order valence-electron chi connectivity index (χ0n) is 8.69. The van der Waals surface area contributed by atoms with Crippen LogP contribution in [-0.2, 0) is 0 Å². The lowest BCUT2D eigenvalue weighted by Crippen LogP contribution is -2.38. The highest BCUT2D eigenvalue weighted by molar-refractivity contribution is 4.83. The summed E-state index contributed by atoms with van der Waals surface area (Å²) in [5.74, 6) is 0. The van der Waals surface area contributed by atoms with Gasteiger partial charge in [-0.3, -0.25) is 4.90 Å². The maximum atomic E-state index is 8.45. The van der Waals surface area contributed by atoms with Gasteiger partial charge in [0.25, 0.3) is 0 Å². The van der Waals surface area contributed by atoms with Crippen molar-refractivity contribution < 1.29 is 0 Å². The lowest BCUT2D eigenvalue weighted by molar-refractivity contribution is 0.268. The summed E-state index contributed by atoms with van der Waals surface area (Å²) >= 11 is 0. The van der Waals surface area contributed by atoms with E-state index in [1.165, 1.54) is 0 Å². The van der Waals surface area contributed by atoms with E-state index in [9.17, 15) is 0 Å². The van der Waals surface area contributed by atoms with Crippen molar-refractivity contribution in [3.8, 4) is 18.2 Å². The third-order valence-electron chi connectivity index (χ3n) is 1.93. The first-order valence-electron chi connectivity index (χ1n) is 4.83. The maximum absolute atomic E-state index is 8.45. The molecule has 0 aliphatic rings. The molecule has 2 N–H and O–H groups in total. The molecular weight excluding hydrogens is 190 g/mol. The molecule has 15 heavy (non-hydrogen) atoms. The molecule has 0 aliphatic carbocycles. The van der Waals surface area contributed by atoms with Crippen LogP contribution < -0.4 is 5.73 Å². The third-order valence-corrected chi connectivity index (χ3v) is 1.93. The lowest BCUT2D eigenvalue weighted by atomic mass is 10.2. The maximum Gasteiger partial charge on any atom is 0.0638 e. The Kier molecular flexibility index (Phi) is 8.00. The van der Waals surface area contributed by atoms with Crippen molar-refractivity contribution in [1.29, 1.82) is 15.8 Å². The summed E-state index contributed by atoms with van der Waals surface area (Å²) in [4.78, 5) is 1.95. The van der Waals surface area contributed by atoms with Crippen LogP contribution in [0.15, 0.2) is 0 Å². The quantitative estimate of drug-likeness (QED) is 0.646. The third kappa shape index (κ3) is 7.46.